The average molecular weight is 1670 g/mol. The standard InChI is InChI=1S/C80H92Cl8N10O4S4/c1-93-45-69(65-37-57(81)41-77(85)73(65)49-93)53-11-19-61(20-12-53)103-89-27-7-33-97(35-9-29-91-105(99,100)63-23-15-55(16-24-63)71-47-95(3)51-75-67(71)39-59(83)43-79(75)87)31-5-6-32-98(34-8-28-90-104-62-21-13-54(14-22-62)70-46-94(2)50-74-66(70)38-58(82)42-78(74)86)36-10-30-92-106(101,102)64-25-17-56(18-26-64)72-48-96(4)52-76-68(72)40-60(84)44-80(76)88/h11-26,37-44,69-72,89-92H,5-10,27-36,45-52H2,1-4H3. The topological polar surface area (TPSA) is 136 Å². The molecule has 12 rings (SSSR count). The highest BCUT2D eigenvalue weighted by molar-refractivity contribution is 7.97. The Morgan fingerprint density at radius 3 is 0.868 bits per heavy atom. The maximum absolute atomic E-state index is 13.9. The van der Waals surface area contributed by atoms with E-state index in [9.17, 15) is 16.8 Å². The molecule has 4 aliphatic rings. The van der Waals surface area contributed by atoms with Gasteiger partial charge in [0.2, 0.25) is 20.0 Å². The number of halogens is 8. The van der Waals surface area contributed by atoms with E-state index in [1.54, 1.807) is 60.3 Å². The maximum atomic E-state index is 13.9. The summed E-state index contributed by atoms with van der Waals surface area (Å²) in [6, 6.07) is 47.2. The molecule has 4 heterocycles. The van der Waals surface area contributed by atoms with Crippen molar-refractivity contribution in [2.75, 3.05) is 120 Å². The van der Waals surface area contributed by atoms with Gasteiger partial charge in [0.15, 0.2) is 0 Å². The number of nitrogens with zero attached hydrogens (tertiary/aromatic N) is 6. The zero-order valence-corrected chi connectivity index (χ0v) is 69.4. The van der Waals surface area contributed by atoms with Gasteiger partial charge in [0.05, 0.1) is 9.79 Å². The number of hydrogen-bond acceptors (Lipinski definition) is 14. The van der Waals surface area contributed by atoms with Crippen LogP contribution in [0.2, 0.25) is 40.2 Å². The molecule has 0 aliphatic carbocycles. The zero-order valence-electron chi connectivity index (χ0n) is 60.1. The van der Waals surface area contributed by atoms with Gasteiger partial charge in [0, 0.05) is 152 Å². The third-order valence-corrected chi connectivity index (χ3v) is 27.6. The first-order chi connectivity index (χ1) is 50.9. The van der Waals surface area contributed by atoms with Gasteiger partial charge in [-0.15, -0.1) is 0 Å². The fraction of sp³-hybridized carbons (Fsp3) is 0.400. The molecule has 0 radical (unpaired) electrons. The Morgan fingerprint density at radius 1 is 0.349 bits per heavy atom. The van der Waals surface area contributed by atoms with Crippen LogP contribution in [0.15, 0.2) is 165 Å². The van der Waals surface area contributed by atoms with Gasteiger partial charge in [-0.3, -0.25) is 9.44 Å². The fourth-order valence-electron chi connectivity index (χ4n) is 15.4. The van der Waals surface area contributed by atoms with Crippen molar-refractivity contribution >= 4 is 137 Å². The van der Waals surface area contributed by atoms with E-state index in [1.807, 2.05) is 48.5 Å². The number of rotatable bonds is 33. The minimum absolute atomic E-state index is 0.0137. The summed E-state index contributed by atoms with van der Waals surface area (Å²) < 4.78 is 68.6. The van der Waals surface area contributed by atoms with E-state index in [4.69, 9.17) is 92.8 Å². The van der Waals surface area contributed by atoms with Crippen LogP contribution >= 0.6 is 117 Å². The number of fused-ring (bicyclic) bond motifs is 4. The van der Waals surface area contributed by atoms with E-state index in [2.05, 4.69) is 137 Å². The smallest absolute Gasteiger partial charge is 0.240 e. The Kier molecular flexibility index (Phi) is 29.1. The average Bonchev–Trinajstić information content (AvgIpc) is 0.794. The first-order valence-corrected chi connectivity index (χ1v) is 43.8. The molecule has 4 N–H and O–H groups in total. The molecule has 566 valence electrons. The van der Waals surface area contributed by atoms with Gasteiger partial charge >= 0.3 is 0 Å². The molecule has 0 amide bonds. The molecule has 106 heavy (non-hydrogen) atoms. The van der Waals surface area contributed by atoms with E-state index in [1.165, 1.54) is 22.3 Å². The van der Waals surface area contributed by atoms with Crippen molar-refractivity contribution in [1.82, 2.24) is 48.3 Å². The number of likely N-dealkylation sites (N-methyl/N-ethyl adjacent to an activating group) is 4. The van der Waals surface area contributed by atoms with Gasteiger partial charge < -0.3 is 29.4 Å². The summed E-state index contributed by atoms with van der Waals surface area (Å²) in [5.74, 6) is 0.286. The van der Waals surface area contributed by atoms with Crippen molar-refractivity contribution in [1.29, 1.82) is 0 Å². The van der Waals surface area contributed by atoms with Crippen LogP contribution in [0.25, 0.3) is 0 Å². The second kappa shape index (κ2) is 37.7. The van der Waals surface area contributed by atoms with Gasteiger partial charge in [-0.2, -0.15) is 0 Å². The molecule has 0 bridgehead atoms. The third-order valence-electron chi connectivity index (χ3n) is 20.7. The Morgan fingerprint density at radius 2 is 0.594 bits per heavy atom. The molecule has 0 saturated heterocycles. The van der Waals surface area contributed by atoms with E-state index in [0.717, 1.165) is 159 Å². The number of benzene rings is 8. The van der Waals surface area contributed by atoms with Crippen LogP contribution in [0.5, 0.6) is 0 Å². The summed E-state index contributed by atoms with van der Waals surface area (Å²) in [5, 5.41) is 5.13. The second-order valence-corrected chi connectivity index (χ2v) is 37.5. The van der Waals surface area contributed by atoms with E-state index < -0.39 is 20.0 Å². The van der Waals surface area contributed by atoms with Crippen molar-refractivity contribution in [3.8, 4) is 0 Å². The predicted molar refractivity (Wildman–Crippen MR) is 443 cm³/mol. The van der Waals surface area contributed by atoms with Crippen LogP contribution in [0, 0.1) is 0 Å². The number of sulfonamides is 2. The van der Waals surface area contributed by atoms with Crippen LogP contribution in [-0.2, 0) is 46.2 Å². The monoisotopic (exact) mass is 1660 g/mol. The highest BCUT2D eigenvalue weighted by Gasteiger charge is 2.32. The van der Waals surface area contributed by atoms with Crippen LogP contribution in [0.3, 0.4) is 0 Å². The molecule has 0 spiro atoms. The summed E-state index contributed by atoms with van der Waals surface area (Å²) in [7, 11) is 0.752. The normalized spacial score (nSPS) is 18.1. The van der Waals surface area contributed by atoms with Crippen molar-refractivity contribution in [3.63, 3.8) is 0 Å². The molecule has 26 heteroatoms. The van der Waals surface area contributed by atoms with Crippen molar-refractivity contribution in [2.24, 2.45) is 0 Å². The lowest BCUT2D eigenvalue weighted by molar-refractivity contribution is 0.236. The summed E-state index contributed by atoms with van der Waals surface area (Å²) in [6.07, 6.45) is 4.83. The molecule has 0 saturated carbocycles. The van der Waals surface area contributed by atoms with Crippen LogP contribution in [0.4, 0.5) is 0 Å². The van der Waals surface area contributed by atoms with E-state index in [-0.39, 0.29) is 46.6 Å². The second-order valence-electron chi connectivity index (χ2n) is 28.7. The molecule has 8 aromatic rings. The quantitative estimate of drug-likeness (QED) is 0.0229. The fourth-order valence-corrected chi connectivity index (χ4v) is 21.2. The van der Waals surface area contributed by atoms with Crippen LogP contribution < -0.4 is 18.9 Å². The first kappa shape index (κ1) is 81.8. The molecule has 14 nitrogen and oxygen atoms in total. The third kappa shape index (κ3) is 21.3. The molecular weight excluding hydrogens is 1580 g/mol. The molecular formula is C80H92Cl8N10O4S4. The minimum atomic E-state index is -3.81. The molecule has 8 aromatic carbocycles. The van der Waals surface area contributed by atoms with Crippen molar-refractivity contribution in [2.45, 2.75) is 108 Å². The van der Waals surface area contributed by atoms with Crippen LogP contribution in [0.1, 0.15) is 129 Å². The molecule has 4 unspecified atom stereocenters. The first-order valence-electron chi connectivity index (χ1n) is 36.2. The van der Waals surface area contributed by atoms with Gasteiger partial charge in [0.1, 0.15) is 0 Å². The minimum Gasteiger partial charge on any atom is -0.303 e. The Balaban J connectivity index is 0.671. The lowest BCUT2D eigenvalue weighted by Gasteiger charge is -2.33. The van der Waals surface area contributed by atoms with Gasteiger partial charge in [0.25, 0.3) is 0 Å². The summed E-state index contributed by atoms with van der Waals surface area (Å²) in [5.41, 5.74) is 13.3. The van der Waals surface area contributed by atoms with E-state index >= 15 is 0 Å². The SMILES string of the molecule is CN1Cc2c(Cl)cc(Cl)cc2C(c2ccc(SNCCCN(CCCCN(CCCNSc3ccc(C4CN(C)Cc5c(Cl)cc(Cl)cc54)cc3)CCCNS(=O)(=O)c3ccc(C4CN(C)Cc5c(Cl)cc(Cl)cc54)cc3)CCCNS(=O)(=O)c3ccc(C4CN(C)Cc5c(Cl)cc(Cl)cc54)cc3)cc2)C1. The zero-order chi connectivity index (χ0) is 74.8. The maximum Gasteiger partial charge on any atom is 0.240 e. The van der Waals surface area contributed by atoms with Crippen molar-refractivity contribution < 1.29 is 16.8 Å². The van der Waals surface area contributed by atoms with Gasteiger partial charge in [-0.1, -0.05) is 141 Å². The van der Waals surface area contributed by atoms with Gasteiger partial charge in [-0.05, 0) is 294 Å². The number of nitrogens with one attached hydrogen (secondary N) is 4. The highest BCUT2D eigenvalue weighted by Crippen LogP contribution is 2.44. The molecule has 0 fully saturated rings. The number of hydrogen-bond donors (Lipinski definition) is 4. The summed E-state index contributed by atoms with van der Waals surface area (Å²) >= 11 is 56.0. The van der Waals surface area contributed by atoms with Gasteiger partial charge in [-0.25, -0.2) is 26.3 Å². The van der Waals surface area contributed by atoms with Crippen LogP contribution in [-0.4, -0.2) is 166 Å². The van der Waals surface area contributed by atoms with E-state index in [0.29, 0.717) is 79.2 Å². The Bertz CT molecular complexity index is 4290. The number of unbranched alkanes of at least 4 members (excludes halogenated alkanes) is 1. The molecule has 0 aromatic heterocycles. The Labute approximate surface area is 676 Å². The largest absolute Gasteiger partial charge is 0.303 e. The molecule has 4 atom stereocenters. The lowest BCUT2D eigenvalue weighted by Crippen LogP contribution is -2.34. The summed E-state index contributed by atoms with van der Waals surface area (Å²) in [4.78, 5) is 16.6. The highest BCUT2D eigenvalue weighted by atomic mass is 35.5. The molecule has 4 aliphatic heterocycles. The Hall–Kier alpha value is -3.72. The predicted octanol–water partition coefficient (Wildman–Crippen LogP) is 18.0. The summed E-state index contributed by atoms with van der Waals surface area (Å²) in [6.45, 7) is 13.0. The lowest BCUT2D eigenvalue weighted by atomic mass is 9.85. The van der Waals surface area contributed by atoms with Crippen molar-refractivity contribution in [3.05, 3.63) is 253 Å².